The van der Waals surface area contributed by atoms with Gasteiger partial charge in [-0.3, -0.25) is 4.90 Å². The number of halogens is 4. The summed E-state index contributed by atoms with van der Waals surface area (Å²) in [6, 6.07) is 4.52. The summed E-state index contributed by atoms with van der Waals surface area (Å²) in [5, 5.41) is 0. The second-order valence-electron chi connectivity index (χ2n) is 6.44. The Bertz CT molecular complexity index is 533. The maximum Gasteiger partial charge on any atom is 0.416 e. The van der Waals surface area contributed by atoms with Gasteiger partial charge in [-0.2, -0.15) is 13.2 Å². The largest absolute Gasteiger partial charge is 0.416 e. The smallest absolute Gasteiger partial charge is 0.371 e. The quantitative estimate of drug-likeness (QED) is 0.807. The van der Waals surface area contributed by atoms with Crippen molar-refractivity contribution >= 4 is 12.4 Å². The molecule has 0 saturated carbocycles. The van der Waals surface area contributed by atoms with Crippen LogP contribution in [0.5, 0.6) is 0 Å². The number of alkyl halides is 3. The Kier molecular flexibility index (Phi) is 5.09. The molecule has 0 unspecified atom stereocenters. The van der Waals surface area contributed by atoms with Gasteiger partial charge >= 0.3 is 6.18 Å². The van der Waals surface area contributed by atoms with Crippen LogP contribution in [0.1, 0.15) is 36.5 Å². The van der Waals surface area contributed by atoms with Crippen LogP contribution in [0.2, 0.25) is 0 Å². The van der Waals surface area contributed by atoms with Gasteiger partial charge in [-0.05, 0) is 23.1 Å². The van der Waals surface area contributed by atoms with Gasteiger partial charge in [-0.1, -0.05) is 26.0 Å². The Morgan fingerprint density at radius 3 is 2.64 bits per heavy atom. The van der Waals surface area contributed by atoms with E-state index in [1.165, 1.54) is 6.07 Å². The van der Waals surface area contributed by atoms with E-state index in [1.807, 2.05) is 6.07 Å². The fraction of sp³-hybridized carbons (Fsp3) is 0.625. The van der Waals surface area contributed by atoms with Crippen LogP contribution in [0, 0.1) is 5.92 Å². The topological polar surface area (TPSA) is 12.5 Å². The van der Waals surface area contributed by atoms with Crippen LogP contribution in [-0.4, -0.2) is 30.6 Å². The van der Waals surface area contributed by atoms with E-state index >= 15 is 0 Å². The molecule has 0 aliphatic carbocycles. The van der Waals surface area contributed by atoms with Crippen LogP contribution >= 0.6 is 12.4 Å². The summed E-state index contributed by atoms with van der Waals surface area (Å²) in [6.45, 7) is 6.94. The SMILES string of the molecule is CC(C)CN1C[C@@H]2OCc3c(cccc3C(F)(F)F)[C@@H]2C1.Cl. The Morgan fingerprint density at radius 2 is 2.00 bits per heavy atom. The predicted octanol–water partition coefficient (Wildman–Crippen LogP) is 4.08. The third kappa shape index (κ3) is 3.26. The molecule has 0 radical (unpaired) electrons. The monoisotopic (exact) mass is 335 g/mol. The fourth-order valence-electron chi connectivity index (χ4n) is 3.55. The average molecular weight is 336 g/mol. The van der Waals surface area contributed by atoms with Crippen molar-refractivity contribution in [3.8, 4) is 0 Å². The number of hydrogen-bond donors (Lipinski definition) is 0. The molecule has 0 bridgehead atoms. The molecule has 2 aliphatic rings. The molecule has 1 saturated heterocycles. The minimum atomic E-state index is -4.31. The van der Waals surface area contributed by atoms with Crippen LogP contribution < -0.4 is 0 Å². The molecule has 1 aromatic carbocycles. The highest BCUT2D eigenvalue weighted by molar-refractivity contribution is 5.85. The maximum absolute atomic E-state index is 13.1. The first-order chi connectivity index (χ1) is 9.86. The first-order valence-electron chi connectivity index (χ1n) is 7.39. The van der Waals surface area contributed by atoms with Gasteiger partial charge < -0.3 is 4.74 Å². The summed E-state index contributed by atoms with van der Waals surface area (Å²) in [5.74, 6) is 0.612. The molecule has 22 heavy (non-hydrogen) atoms. The van der Waals surface area contributed by atoms with Gasteiger partial charge in [0.15, 0.2) is 0 Å². The predicted molar refractivity (Wildman–Crippen MR) is 81.3 cm³/mol. The van der Waals surface area contributed by atoms with Crippen molar-refractivity contribution in [3.63, 3.8) is 0 Å². The number of ether oxygens (including phenoxy) is 1. The van der Waals surface area contributed by atoms with Crippen molar-refractivity contribution in [1.82, 2.24) is 4.90 Å². The van der Waals surface area contributed by atoms with Crippen molar-refractivity contribution in [2.75, 3.05) is 19.6 Å². The number of hydrogen-bond acceptors (Lipinski definition) is 2. The molecule has 6 heteroatoms. The molecule has 3 rings (SSSR count). The molecule has 0 spiro atoms. The zero-order chi connectivity index (χ0) is 15.2. The zero-order valence-electron chi connectivity index (χ0n) is 12.7. The first-order valence-corrected chi connectivity index (χ1v) is 7.39. The molecular weight excluding hydrogens is 315 g/mol. The lowest BCUT2D eigenvalue weighted by Crippen LogP contribution is -2.29. The van der Waals surface area contributed by atoms with Crippen molar-refractivity contribution < 1.29 is 17.9 Å². The summed E-state index contributed by atoms with van der Waals surface area (Å²) in [6.07, 6.45) is -4.28. The van der Waals surface area contributed by atoms with E-state index in [4.69, 9.17) is 4.74 Å². The molecule has 0 N–H and O–H groups in total. The average Bonchev–Trinajstić information content (AvgIpc) is 2.78. The van der Waals surface area contributed by atoms with Gasteiger partial charge in [0, 0.05) is 25.6 Å². The Labute approximate surface area is 135 Å². The van der Waals surface area contributed by atoms with Crippen LogP contribution in [0.4, 0.5) is 13.2 Å². The number of nitrogens with zero attached hydrogens (tertiary/aromatic N) is 1. The van der Waals surface area contributed by atoms with Gasteiger partial charge in [0.05, 0.1) is 18.3 Å². The minimum Gasteiger partial charge on any atom is -0.371 e. The second-order valence-corrected chi connectivity index (χ2v) is 6.44. The molecule has 2 nitrogen and oxygen atoms in total. The summed E-state index contributed by atoms with van der Waals surface area (Å²) >= 11 is 0. The van der Waals surface area contributed by atoms with Gasteiger partial charge in [-0.15, -0.1) is 12.4 Å². The molecule has 0 amide bonds. The maximum atomic E-state index is 13.1. The van der Waals surface area contributed by atoms with E-state index < -0.39 is 11.7 Å². The molecule has 1 aromatic rings. The highest BCUT2D eigenvalue weighted by Crippen LogP contribution is 2.42. The Balaban J connectivity index is 0.00000176. The summed E-state index contributed by atoms with van der Waals surface area (Å²) in [7, 11) is 0. The number of benzene rings is 1. The van der Waals surface area contributed by atoms with Crippen molar-refractivity contribution in [1.29, 1.82) is 0 Å². The van der Waals surface area contributed by atoms with E-state index in [2.05, 4.69) is 18.7 Å². The van der Waals surface area contributed by atoms with Crippen LogP contribution in [0.25, 0.3) is 0 Å². The zero-order valence-corrected chi connectivity index (χ0v) is 13.5. The van der Waals surface area contributed by atoms with E-state index in [9.17, 15) is 13.2 Å². The van der Waals surface area contributed by atoms with Gasteiger partial charge in [0.2, 0.25) is 0 Å². The minimum absolute atomic E-state index is 0. The molecule has 2 aliphatic heterocycles. The van der Waals surface area contributed by atoms with Gasteiger partial charge in [-0.25, -0.2) is 0 Å². The Morgan fingerprint density at radius 1 is 1.27 bits per heavy atom. The van der Waals surface area contributed by atoms with Gasteiger partial charge in [0.1, 0.15) is 0 Å². The summed E-state index contributed by atoms with van der Waals surface area (Å²) in [5.41, 5.74) is 0.616. The molecule has 0 aromatic heterocycles. The summed E-state index contributed by atoms with van der Waals surface area (Å²) in [4.78, 5) is 2.30. The molecule has 2 atom stereocenters. The lowest BCUT2D eigenvalue weighted by molar-refractivity contribution is -0.139. The number of likely N-dealkylation sites (tertiary alicyclic amines) is 1. The van der Waals surface area contributed by atoms with Crippen molar-refractivity contribution in [2.45, 2.75) is 38.7 Å². The van der Waals surface area contributed by atoms with E-state index in [1.54, 1.807) is 0 Å². The standard InChI is InChI=1S/C16H20F3NO.ClH/c1-10(2)6-20-7-12-11-4-3-5-14(16(17,18)19)13(11)9-21-15(12)8-20;/h3-5,10,12,15H,6-9H2,1-2H3;1H/t12-,15-;/m0./s1. The van der Waals surface area contributed by atoms with Crippen LogP contribution in [-0.2, 0) is 17.5 Å². The van der Waals surface area contributed by atoms with E-state index in [0.29, 0.717) is 11.5 Å². The lowest BCUT2D eigenvalue weighted by Gasteiger charge is -2.29. The first kappa shape index (κ1) is 17.6. The second kappa shape index (κ2) is 6.38. The molecule has 2 heterocycles. The Hall–Kier alpha value is -0.780. The lowest BCUT2D eigenvalue weighted by atomic mass is 9.87. The van der Waals surface area contributed by atoms with E-state index in [-0.39, 0.29) is 31.0 Å². The third-order valence-electron chi connectivity index (χ3n) is 4.32. The van der Waals surface area contributed by atoms with Gasteiger partial charge in [0.25, 0.3) is 0 Å². The van der Waals surface area contributed by atoms with Crippen molar-refractivity contribution in [2.24, 2.45) is 5.92 Å². The highest BCUT2D eigenvalue weighted by Gasteiger charge is 2.42. The van der Waals surface area contributed by atoms with Crippen LogP contribution in [0.3, 0.4) is 0 Å². The normalized spacial score (nSPS) is 24.8. The van der Waals surface area contributed by atoms with E-state index in [0.717, 1.165) is 31.3 Å². The number of fused-ring (bicyclic) bond motifs is 3. The third-order valence-corrected chi connectivity index (χ3v) is 4.32. The molecule has 124 valence electrons. The fourth-order valence-corrected chi connectivity index (χ4v) is 3.55. The van der Waals surface area contributed by atoms with Crippen molar-refractivity contribution in [3.05, 3.63) is 34.9 Å². The number of rotatable bonds is 2. The highest BCUT2D eigenvalue weighted by atomic mass is 35.5. The summed E-state index contributed by atoms with van der Waals surface area (Å²) < 4.78 is 45.0. The molecular formula is C16H21ClF3NO. The molecule has 1 fully saturated rings. The van der Waals surface area contributed by atoms with Crippen LogP contribution in [0.15, 0.2) is 18.2 Å².